The summed E-state index contributed by atoms with van der Waals surface area (Å²) in [5, 5.41) is 4.14. The Morgan fingerprint density at radius 3 is 2.86 bits per heavy atom. The van der Waals surface area contributed by atoms with Gasteiger partial charge in [-0.3, -0.25) is 4.79 Å². The number of aromatic nitrogens is 2. The van der Waals surface area contributed by atoms with Crippen molar-refractivity contribution in [2.24, 2.45) is 0 Å². The van der Waals surface area contributed by atoms with E-state index in [1.807, 2.05) is 6.92 Å². The van der Waals surface area contributed by atoms with Gasteiger partial charge in [-0.2, -0.15) is 4.98 Å². The predicted octanol–water partition coefficient (Wildman–Crippen LogP) is 3.21. The molecule has 21 heavy (non-hydrogen) atoms. The summed E-state index contributed by atoms with van der Waals surface area (Å²) in [5.41, 5.74) is 0.529. The second-order valence-electron chi connectivity index (χ2n) is 4.41. The summed E-state index contributed by atoms with van der Waals surface area (Å²) in [4.78, 5) is 15.4. The maximum absolute atomic E-state index is 11.2. The molecule has 0 aliphatic rings. The van der Waals surface area contributed by atoms with Crippen molar-refractivity contribution in [3.63, 3.8) is 0 Å². The fourth-order valence-corrected chi connectivity index (χ4v) is 1.81. The zero-order chi connectivity index (χ0) is 15.4. The van der Waals surface area contributed by atoms with Crippen LogP contribution in [0.25, 0.3) is 0 Å². The zero-order valence-corrected chi connectivity index (χ0v) is 12.7. The Morgan fingerprint density at radius 2 is 2.24 bits per heavy atom. The van der Waals surface area contributed by atoms with Crippen LogP contribution >= 0.6 is 11.6 Å². The van der Waals surface area contributed by atoms with Crippen molar-refractivity contribution >= 4 is 17.4 Å². The van der Waals surface area contributed by atoms with Crippen molar-refractivity contribution in [2.75, 3.05) is 7.11 Å². The molecule has 0 N–H and O–H groups in total. The number of Topliss-reactive ketones (excluding diaryl/α,β-unsaturated/α-hetero) is 1. The minimum absolute atomic E-state index is 0.0569. The Bertz CT molecular complexity index is 642. The molecule has 1 unspecified atom stereocenters. The molecule has 1 atom stereocenters. The number of halogens is 1. The molecule has 0 aliphatic heterocycles. The lowest BCUT2D eigenvalue weighted by atomic mass is 10.1. The standard InChI is InChI=1S/C14H15ClN2O4/c1-8(18)10-4-5-12(11(15)6-10)20-7-13-16-14(17-21-13)9(2)19-3/h4-6,9H,7H2,1-3H3. The molecule has 0 bridgehead atoms. The second kappa shape index (κ2) is 6.69. The van der Waals surface area contributed by atoms with Gasteiger partial charge in [0, 0.05) is 12.7 Å². The van der Waals surface area contributed by atoms with E-state index in [1.54, 1.807) is 25.3 Å². The summed E-state index contributed by atoms with van der Waals surface area (Å²) in [6.45, 7) is 3.37. The van der Waals surface area contributed by atoms with Crippen LogP contribution in [-0.2, 0) is 11.3 Å². The lowest BCUT2D eigenvalue weighted by Crippen LogP contribution is -2.00. The lowest BCUT2D eigenvalue weighted by Gasteiger charge is -2.06. The van der Waals surface area contributed by atoms with E-state index in [-0.39, 0.29) is 18.5 Å². The largest absolute Gasteiger partial charge is 0.482 e. The summed E-state index contributed by atoms with van der Waals surface area (Å²) >= 11 is 6.05. The highest BCUT2D eigenvalue weighted by Crippen LogP contribution is 2.26. The van der Waals surface area contributed by atoms with Crippen molar-refractivity contribution in [3.8, 4) is 5.75 Å². The number of hydrogen-bond donors (Lipinski definition) is 0. The Kier molecular flexibility index (Phi) is 4.93. The van der Waals surface area contributed by atoms with Crippen LogP contribution in [-0.4, -0.2) is 23.0 Å². The first-order chi connectivity index (χ1) is 10.0. The van der Waals surface area contributed by atoms with Crippen molar-refractivity contribution in [2.45, 2.75) is 26.6 Å². The highest BCUT2D eigenvalue weighted by Gasteiger charge is 2.14. The van der Waals surface area contributed by atoms with E-state index >= 15 is 0 Å². The Balaban J connectivity index is 2.03. The molecule has 0 amide bonds. The average Bonchev–Trinajstić information content (AvgIpc) is 2.93. The monoisotopic (exact) mass is 310 g/mol. The number of carbonyl (C=O) groups is 1. The molecule has 7 heteroatoms. The molecule has 1 aromatic carbocycles. The minimum Gasteiger partial charge on any atom is -0.482 e. The smallest absolute Gasteiger partial charge is 0.264 e. The van der Waals surface area contributed by atoms with Crippen LogP contribution in [0.15, 0.2) is 22.7 Å². The first-order valence-electron chi connectivity index (χ1n) is 6.29. The molecule has 0 aliphatic carbocycles. The number of carbonyl (C=O) groups excluding carboxylic acids is 1. The van der Waals surface area contributed by atoms with E-state index in [1.165, 1.54) is 6.92 Å². The number of hydrogen-bond acceptors (Lipinski definition) is 6. The van der Waals surface area contributed by atoms with E-state index in [2.05, 4.69) is 10.1 Å². The van der Waals surface area contributed by atoms with Gasteiger partial charge in [-0.05, 0) is 32.0 Å². The molecule has 1 heterocycles. The maximum atomic E-state index is 11.2. The van der Waals surface area contributed by atoms with E-state index in [9.17, 15) is 4.79 Å². The molecule has 0 spiro atoms. The molecule has 0 saturated heterocycles. The molecule has 2 rings (SSSR count). The quantitative estimate of drug-likeness (QED) is 0.763. The van der Waals surface area contributed by atoms with Gasteiger partial charge >= 0.3 is 0 Å². The van der Waals surface area contributed by atoms with Gasteiger partial charge in [0.25, 0.3) is 5.89 Å². The topological polar surface area (TPSA) is 74.5 Å². The number of benzene rings is 1. The Labute approximate surface area is 127 Å². The van der Waals surface area contributed by atoms with Crippen molar-refractivity contribution in [1.82, 2.24) is 10.1 Å². The van der Waals surface area contributed by atoms with Crippen LogP contribution in [0.1, 0.15) is 42.0 Å². The molecule has 6 nitrogen and oxygen atoms in total. The van der Waals surface area contributed by atoms with Gasteiger partial charge in [0.15, 0.2) is 18.2 Å². The number of rotatable bonds is 6. The summed E-state index contributed by atoms with van der Waals surface area (Å²) < 4.78 is 15.6. The van der Waals surface area contributed by atoms with Crippen molar-refractivity contribution in [1.29, 1.82) is 0 Å². The van der Waals surface area contributed by atoms with Crippen LogP contribution in [0.2, 0.25) is 5.02 Å². The molecule has 2 aromatic rings. The first-order valence-corrected chi connectivity index (χ1v) is 6.67. The Hall–Kier alpha value is -1.92. The van der Waals surface area contributed by atoms with Gasteiger partial charge in [-0.15, -0.1) is 0 Å². The third kappa shape index (κ3) is 3.80. The van der Waals surface area contributed by atoms with Crippen LogP contribution in [0.5, 0.6) is 5.75 Å². The normalized spacial score (nSPS) is 12.2. The van der Waals surface area contributed by atoms with E-state index in [4.69, 9.17) is 25.6 Å². The van der Waals surface area contributed by atoms with Crippen LogP contribution in [0.3, 0.4) is 0 Å². The van der Waals surface area contributed by atoms with Gasteiger partial charge < -0.3 is 14.0 Å². The van der Waals surface area contributed by atoms with Crippen LogP contribution in [0.4, 0.5) is 0 Å². The number of nitrogens with zero attached hydrogens (tertiary/aromatic N) is 2. The first kappa shape index (κ1) is 15.5. The highest BCUT2D eigenvalue weighted by molar-refractivity contribution is 6.32. The average molecular weight is 311 g/mol. The minimum atomic E-state index is -0.249. The van der Waals surface area contributed by atoms with Gasteiger partial charge in [-0.25, -0.2) is 0 Å². The lowest BCUT2D eigenvalue weighted by molar-refractivity contribution is 0.101. The fourth-order valence-electron chi connectivity index (χ4n) is 1.57. The summed E-state index contributed by atoms with van der Waals surface area (Å²) in [7, 11) is 1.56. The fraction of sp³-hybridized carbons (Fsp3) is 0.357. The van der Waals surface area contributed by atoms with E-state index in [0.29, 0.717) is 28.1 Å². The van der Waals surface area contributed by atoms with Crippen molar-refractivity contribution < 1.29 is 18.8 Å². The van der Waals surface area contributed by atoms with Gasteiger partial charge in [0.2, 0.25) is 0 Å². The highest BCUT2D eigenvalue weighted by atomic mass is 35.5. The molecule has 0 saturated carbocycles. The molecule has 112 valence electrons. The summed E-state index contributed by atoms with van der Waals surface area (Å²) in [6.07, 6.45) is -0.249. The summed E-state index contributed by atoms with van der Waals surface area (Å²) in [6, 6.07) is 4.84. The van der Waals surface area contributed by atoms with Crippen LogP contribution in [0, 0.1) is 0 Å². The number of methoxy groups -OCH3 is 1. The second-order valence-corrected chi connectivity index (χ2v) is 4.82. The van der Waals surface area contributed by atoms with E-state index < -0.39 is 0 Å². The van der Waals surface area contributed by atoms with Gasteiger partial charge in [0.05, 0.1) is 5.02 Å². The molecule has 1 aromatic heterocycles. The molecular weight excluding hydrogens is 296 g/mol. The number of ketones is 1. The SMILES string of the molecule is COC(C)c1noc(COc2ccc(C(C)=O)cc2Cl)n1. The Morgan fingerprint density at radius 1 is 1.48 bits per heavy atom. The van der Waals surface area contributed by atoms with Crippen LogP contribution < -0.4 is 4.74 Å². The number of ether oxygens (including phenoxy) is 2. The van der Waals surface area contributed by atoms with Gasteiger partial charge in [-0.1, -0.05) is 16.8 Å². The molecule has 0 radical (unpaired) electrons. The maximum Gasteiger partial charge on any atom is 0.264 e. The van der Waals surface area contributed by atoms with Gasteiger partial charge in [0.1, 0.15) is 11.9 Å². The summed E-state index contributed by atoms with van der Waals surface area (Å²) in [5.74, 6) is 1.16. The third-order valence-corrected chi connectivity index (χ3v) is 3.19. The molecular formula is C14H15ClN2O4. The van der Waals surface area contributed by atoms with Crippen molar-refractivity contribution in [3.05, 3.63) is 40.5 Å². The predicted molar refractivity (Wildman–Crippen MR) is 75.5 cm³/mol. The molecule has 0 fully saturated rings. The third-order valence-electron chi connectivity index (χ3n) is 2.89. The zero-order valence-electron chi connectivity index (χ0n) is 11.9. The van der Waals surface area contributed by atoms with E-state index in [0.717, 1.165) is 0 Å².